The molecule has 0 aliphatic carbocycles. The van der Waals surface area contributed by atoms with Crippen molar-refractivity contribution in [2.24, 2.45) is 0 Å². The van der Waals surface area contributed by atoms with Crippen LogP contribution in [0.15, 0.2) is 18.2 Å². The molecular formula is C17H22Cl2N2O2. The Balaban J connectivity index is 2.06. The standard InChI is InChI=1S/C17H22Cl2N2O2/c1-3-4-5-6-9-17(2)15(22)21(16(23)20-17)11-12-7-8-13(18)10-14(12)19/h7-8,10H,3-6,9,11H2,1-2H3,(H,20,23)/t17-/m1/s1. The molecule has 1 aliphatic rings. The van der Waals surface area contributed by atoms with Gasteiger partial charge in [0.05, 0.1) is 6.54 Å². The molecule has 0 spiro atoms. The number of imide groups is 1. The third-order valence-corrected chi connectivity index (χ3v) is 4.81. The molecule has 1 fully saturated rings. The molecule has 1 heterocycles. The van der Waals surface area contributed by atoms with Gasteiger partial charge < -0.3 is 5.32 Å². The van der Waals surface area contributed by atoms with Gasteiger partial charge in [-0.25, -0.2) is 4.79 Å². The van der Waals surface area contributed by atoms with E-state index in [-0.39, 0.29) is 18.5 Å². The van der Waals surface area contributed by atoms with Gasteiger partial charge in [-0.3, -0.25) is 9.69 Å². The fourth-order valence-corrected chi connectivity index (χ4v) is 3.25. The summed E-state index contributed by atoms with van der Waals surface area (Å²) >= 11 is 12.0. The van der Waals surface area contributed by atoms with Gasteiger partial charge in [0.2, 0.25) is 0 Å². The lowest BCUT2D eigenvalue weighted by Gasteiger charge is -2.21. The predicted octanol–water partition coefficient (Wildman–Crippen LogP) is 4.77. The van der Waals surface area contributed by atoms with Gasteiger partial charge in [0.15, 0.2) is 0 Å². The molecule has 1 aromatic carbocycles. The summed E-state index contributed by atoms with van der Waals surface area (Å²) in [6.45, 7) is 4.09. The second-order valence-electron chi connectivity index (χ2n) is 6.20. The van der Waals surface area contributed by atoms with Crippen LogP contribution in [0.25, 0.3) is 0 Å². The molecule has 4 nitrogen and oxygen atoms in total. The molecule has 0 radical (unpaired) electrons. The average molecular weight is 357 g/mol. The summed E-state index contributed by atoms with van der Waals surface area (Å²) in [6.07, 6.45) is 4.92. The van der Waals surface area contributed by atoms with Gasteiger partial charge in [-0.2, -0.15) is 0 Å². The monoisotopic (exact) mass is 356 g/mol. The molecule has 0 bridgehead atoms. The second-order valence-corrected chi connectivity index (χ2v) is 7.04. The maximum atomic E-state index is 12.7. The summed E-state index contributed by atoms with van der Waals surface area (Å²) in [5.41, 5.74) is -0.112. The number of rotatable bonds is 7. The van der Waals surface area contributed by atoms with Crippen LogP contribution in [-0.4, -0.2) is 22.4 Å². The maximum Gasteiger partial charge on any atom is 0.325 e. The Morgan fingerprint density at radius 3 is 2.57 bits per heavy atom. The molecule has 1 N–H and O–H groups in total. The van der Waals surface area contributed by atoms with Crippen LogP contribution in [0.3, 0.4) is 0 Å². The summed E-state index contributed by atoms with van der Waals surface area (Å²) in [4.78, 5) is 26.1. The van der Waals surface area contributed by atoms with Crippen molar-refractivity contribution in [1.82, 2.24) is 10.2 Å². The molecule has 1 aliphatic heterocycles. The van der Waals surface area contributed by atoms with E-state index in [4.69, 9.17) is 23.2 Å². The minimum absolute atomic E-state index is 0.158. The van der Waals surface area contributed by atoms with Crippen molar-refractivity contribution in [1.29, 1.82) is 0 Å². The number of nitrogens with zero attached hydrogens (tertiary/aromatic N) is 1. The van der Waals surface area contributed by atoms with Crippen molar-refractivity contribution < 1.29 is 9.59 Å². The first kappa shape index (κ1) is 18.1. The Morgan fingerprint density at radius 1 is 1.17 bits per heavy atom. The molecule has 0 saturated carbocycles. The van der Waals surface area contributed by atoms with Crippen LogP contribution in [-0.2, 0) is 11.3 Å². The largest absolute Gasteiger partial charge is 0.325 e. The van der Waals surface area contributed by atoms with E-state index in [1.807, 2.05) is 0 Å². The SMILES string of the molecule is CCCCCC[C@@]1(C)NC(=O)N(Cc2ccc(Cl)cc2Cl)C1=O. The van der Waals surface area contributed by atoms with E-state index >= 15 is 0 Å². The van der Waals surface area contributed by atoms with Gasteiger partial charge in [0.1, 0.15) is 5.54 Å². The summed E-state index contributed by atoms with van der Waals surface area (Å²) in [5, 5.41) is 3.80. The van der Waals surface area contributed by atoms with Crippen molar-refractivity contribution in [2.45, 2.75) is 58.0 Å². The lowest BCUT2D eigenvalue weighted by atomic mass is 9.94. The van der Waals surface area contributed by atoms with E-state index in [0.29, 0.717) is 22.0 Å². The van der Waals surface area contributed by atoms with Crippen LogP contribution in [0.4, 0.5) is 4.79 Å². The minimum Gasteiger partial charge on any atom is -0.323 e. The number of hydrogen-bond donors (Lipinski definition) is 1. The quantitative estimate of drug-likeness (QED) is 0.564. The highest BCUT2D eigenvalue weighted by atomic mass is 35.5. The van der Waals surface area contributed by atoms with Gasteiger partial charge in [0, 0.05) is 10.0 Å². The Hall–Kier alpha value is -1.26. The molecule has 1 saturated heterocycles. The molecule has 1 aromatic rings. The van der Waals surface area contributed by atoms with E-state index in [0.717, 1.165) is 25.7 Å². The van der Waals surface area contributed by atoms with Crippen molar-refractivity contribution in [3.05, 3.63) is 33.8 Å². The Labute approximate surface area is 147 Å². The number of hydrogen-bond acceptors (Lipinski definition) is 2. The first-order valence-electron chi connectivity index (χ1n) is 7.95. The fourth-order valence-electron chi connectivity index (χ4n) is 2.79. The number of carbonyl (C=O) groups is 2. The number of urea groups is 1. The summed E-state index contributed by atoms with van der Waals surface area (Å²) in [5.74, 6) is -0.190. The summed E-state index contributed by atoms with van der Waals surface area (Å²) < 4.78 is 0. The molecule has 0 unspecified atom stereocenters. The van der Waals surface area contributed by atoms with Crippen molar-refractivity contribution in [3.63, 3.8) is 0 Å². The number of unbranched alkanes of at least 4 members (excludes halogenated alkanes) is 3. The highest BCUT2D eigenvalue weighted by Crippen LogP contribution is 2.28. The van der Waals surface area contributed by atoms with E-state index in [9.17, 15) is 9.59 Å². The normalized spacial score (nSPS) is 21.0. The zero-order valence-electron chi connectivity index (χ0n) is 13.5. The van der Waals surface area contributed by atoms with Crippen LogP contribution in [0, 0.1) is 0 Å². The highest BCUT2D eigenvalue weighted by Gasteiger charge is 2.47. The fraction of sp³-hybridized carbons (Fsp3) is 0.529. The first-order chi connectivity index (χ1) is 10.9. The number of amides is 3. The van der Waals surface area contributed by atoms with Crippen LogP contribution < -0.4 is 5.32 Å². The third-order valence-electron chi connectivity index (χ3n) is 4.22. The lowest BCUT2D eigenvalue weighted by Crippen LogP contribution is -2.43. The smallest absolute Gasteiger partial charge is 0.323 e. The zero-order valence-corrected chi connectivity index (χ0v) is 15.0. The Morgan fingerprint density at radius 2 is 1.91 bits per heavy atom. The van der Waals surface area contributed by atoms with Crippen LogP contribution in [0.1, 0.15) is 51.5 Å². The predicted molar refractivity (Wildman–Crippen MR) is 92.7 cm³/mol. The Bertz CT molecular complexity index is 606. The molecule has 2 rings (SSSR count). The maximum absolute atomic E-state index is 12.7. The second kappa shape index (κ2) is 7.54. The van der Waals surface area contributed by atoms with Crippen LogP contribution in [0.2, 0.25) is 10.0 Å². The third kappa shape index (κ3) is 4.18. The lowest BCUT2D eigenvalue weighted by molar-refractivity contribution is -0.131. The topological polar surface area (TPSA) is 49.4 Å². The molecule has 1 atom stereocenters. The minimum atomic E-state index is -0.816. The van der Waals surface area contributed by atoms with Crippen LogP contribution >= 0.6 is 23.2 Å². The number of nitrogens with one attached hydrogen (secondary N) is 1. The highest BCUT2D eigenvalue weighted by molar-refractivity contribution is 6.35. The van der Waals surface area contributed by atoms with Crippen molar-refractivity contribution in [3.8, 4) is 0 Å². The van der Waals surface area contributed by atoms with Gasteiger partial charge in [-0.15, -0.1) is 0 Å². The summed E-state index contributed by atoms with van der Waals surface area (Å²) in [7, 11) is 0. The van der Waals surface area contributed by atoms with Crippen molar-refractivity contribution in [2.75, 3.05) is 0 Å². The number of carbonyl (C=O) groups excluding carboxylic acids is 2. The van der Waals surface area contributed by atoms with Gasteiger partial charge in [0.25, 0.3) is 5.91 Å². The molecule has 6 heteroatoms. The van der Waals surface area contributed by atoms with Gasteiger partial charge >= 0.3 is 6.03 Å². The molecule has 3 amide bonds. The van der Waals surface area contributed by atoms with Crippen molar-refractivity contribution >= 4 is 35.1 Å². The van der Waals surface area contributed by atoms with Gasteiger partial charge in [-0.05, 0) is 31.0 Å². The number of benzene rings is 1. The van der Waals surface area contributed by atoms with E-state index in [2.05, 4.69) is 12.2 Å². The Kier molecular flexibility index (Phi) is 5.93. The summed E-state index contributed by atoms with van der Waals surface area (Å²) in [6, 6.07) is 4.69. The van der Waals surface area contributed by atoms with Gasteiger partial charge in [-0.1, -0.05) is 61.9 Å². The van der Waals surface area contributed by atoms with E-state index in [1.165, 1.54) is 4.90 Å². The zero-order chi connectivity index (χ0) is 17.0. The first-order valence-corrected chi connectivity index (χ1v) is 8.71. The molecule has 126 valence electrons. The molecule has 23 heavy (non-hydrogen) atoms. The van der Waals surface area contributed by atoms with E-state index in [1.54, 1.807) is 25.1 Å². The average Bonchev–Trinajstić information content (AvgIpc) is 2.70. The molecular weight excluding hydrogens is 335 g/mol. The van der Waals surface area contributed by atoms with Crippen LogP contribution in [0.5, 0.6) is 0 Å². The number of halogens is 2. The molecule has 0 aromatic heterocycles. The van der Waals surface area contributed by atoms with E-state index < -0.39 is 5.54 Å².